The number of aryl methyl sites for hydroxylation is 1. The Labute approximate surface area is 144 Å². The van der Waals surface area contributed by atoms with Gasteiger partial charge < -0.3 is 14.5 Å². The van der Waals surface area contributed by atoms with E-state index in [1.54, 1.807) is 23.1 Å². The molecule has 3 aromatic rings. The molecular weight excluding hydrogens is 322 g/mol. The number of tetrazole rings is 1. The van der Waals surface area contributed by atoms with Gasteiger partial charge in [0.05, 0.1) is 18.4 Å². The van der Waals surface area contributed by atoms with Crippen LogP contribution in [0.2, 0.25) is 0 Å². The lowest BCUT2D eigenvalue weighted by molar-refractivity contribution is 0.0457. The van der Waals surface area contributed by atoms with Crippen molar-refractivity contribution in [3.63, 3.8) is 0 Å². The number of nitrogens with zero attached hydrogens (tertiary/aromatic N) is 4. The van der Waals surface area contributed by atoms with Crippen molar-refractivity contribution in [2.75, 3.05) is 5.32 Å². The minimum Gasteiger partial charge on any atom is -0.467 e. The average Bonchev–Trinajstić information content (AvgIpc) is 3.30. The summed E-state index contributed by atoms with van der Waals surface area (Å²) in [6, 6.07) is 10.8. The van der Waals surface area contributed by atoms with Gasteiger partial charge in [-0.1, -0.05) is 19.1 Å². The van der Waals surface area contributed by atoms with E-state index in [-0.39, 0.29) is 6.61 Å². The summed E-state index contributed by atoms with van der Waals surface area (Å²) in [6.45, 7) is 3.21. The summed E-state index contributed by atoms with van der Waals surface area (Å²) < 4.78 is 12.3. The number of aromatic nitrogens is 4. The van der Waals surface area contributed by atoms with E-state index in [0.717, 1.165) is 12.2 Å². The number of furan rings is 1. The van der Waals surface area contributed by atoms with Gasteiger partial charge >= 0.3 is 5.97 Å². The SMILES string of the molecule is CCCn1nnnc1COC(=O)c1ccccc1NCc1ccco1. The van der Waals surface area contributed by atoms with Crippen LogP contribution in [0.4, 0.5) is 5.69 Å². The fraction of sp³-hybridized carbons (Fsp3) is 0.294. The molecule has 3 rings (SSSR count). The van der Waals surface area contributed by atoms with Crippen molar-refractivity contribution in [2.45, 2.75) is 33.0 Å². The minimum atomic E-state index is -0.436. The molecule has 8 nitrogen and oxygen atoms in total. The van der Waals surface area contributed by atoms with Gasteiger partial charge in [0, 0.05) is 12.2 Å². The van der Waals surface area contributed by atoms with Gasteiger partial charge in [-0.2, -0.15) is 0 Å². The predicted molar refractivity (Wildman–Crippen MR) is 89.7 cm³/mol. The van der Waals surface area contributed by atoms with Gasteiger partial charge in [-0.15, -0.1) is 5.10 Å². The topological polar surface area (TPSA) is 95.1 Å². The zero-order valence-electron chi connectivity index (χ0n) is 13.9. The summed E-state index contributed by atoms with van der Waals surface area (Å²) in [5, 5.41) is 14.6. The number of carbonyl (C=O) groups excluding carboxylic acids is 1. The molecule has 8 heteroatoms. The molecule has 0 aliphatic carbocycles. The molecule has 1 aromatic carbocycles. The standard InChI is InChI=1S/C17H19N5O3/c1-2-9-22-16(19-20-21-22)12-25-17(23)14-7-3-4-8-15(14)18-11-13-6-5-10-24-13/h3-8,10,18H,2,9,11-12H2,1H3. The van der Waals surface area contributed by atoms with E-state index >= 15 is 0 Å². The summed E-state index contributed by atoms with van der Waals surface area (Å²) in [7, 11) is 0. The molecule has 0 amide bonds. The molecule has 130 valence electrons. The van der Waals surface area contributed by atoms with Crippen molar-refractivity contribution in [1.29, 1.82) is 0 Å². The molecule has 25 heavy (non-hydrogen) atoms. The molecule has 0 aliphatic rings. The lowest BCUT2D eigenvalue weighted by Crippen LogP contribution is -2.13. The van der Waals surface area contributed by atoms with Crippen molar-refractivity contribution in [2.24, 2.45) is 0 Å². The normalized spacial score (nSPS) is 10.6. The molecule has 0 fully saturated rings. The van der Waals surface area contributed by atoms with Crippen LogP contribution in [0.25, 0.3) is 0 Å². The van der Waals surface area contributed by atoms with E-state index in [9.17, 15) is 4.79 Å². The number of hydrogen-bond acceptors (Lipinski definition) is 7. The minimum absolute atomic E-state index is 0.0261. The number of anilines is 1. The number of para-hydroxylation sites is 1. The zero-order chi connectivity index (χ0) is 17.5. The number of nitrogens with one attached hydrogen (secondary N) is 1. The largest absolute Gasteiger partial charge is 0.467 e. The maximum atomic E-state index is 12.4. The van der Waals surface area contributed by atoms with E-state index in [1.165, 1.54) is 0 Å². The fourth-order valence-corrected chi connectivity index (χ4v) is 2.33. The Bertz CT molecular complexity index is 813. The van der Waals surface area contributed by atoms with Crippen molar-refractivity contribution in [3.8, 4) is 0 Å². The van der Waals surface area contributed by atoms with Gasteiger partial charge in [-0.25, -0.2) is 9.48 Å². The highest BCUT2D eigenvalue weighted by molar-refractivity contribution is 5.95. The fourth-order valence-electron chi connectivity index (χ4n) is 2.33. The number of ether oxygens (including phenoxy) is 1. The van der Waals surface area contributed by atoms with Crippen LogP contribution < -0.4 is 5.32 Å². The first-order valence-electron chi connectivity index (χ1n) is 8.05. The third kappa shape index (κ3) is 4.23. The second kappa shape index (κ2) is 8.09. The lowest BCUT2D eigenvalue weighted by Gasteiger charge is -2.11. The second-order valence-electron chi connectivity index (χ2n) is 5.37. The van der Waals surface area contributed by atoms with E-state index < -0.39 is 5.97 Å². The van der Waals surface area contributed by atoms with E-state index in [0.29, 0.717) is 30.2 Å². The van der Waals surface area contributed by atoms with Crippen molar-refractivity contribution in [3.05, 3.63) is 59.8 Å². The molecule has 0 aliphatic heterocycles. The van der Waals surface area contributed by atoms with Crippen molar-refractivity contribution >= 4 is 11.7 Å². The number of rotatable bonds is 8. The van der Waals surface area contributed by atoms with Crippen molar-refractivity contribution in [1.82, 2.24) is 20.2 Å². The monoisotopic (exact) mass is 341 g/mol. The van der Waals surface area contributed by atoms with E-state index in [4.69, 9.17) is 9.15 Å². The average molecular weight is 341 g/mol. The third-order valence-corrected chi connectivity index (χ3v) is 3.55. The Balaban J connectivity index is 1.64. The molecule has 0 saturated carbocycles. The Hall–Kier alpha value is -3.16. The second-order valence-corrected chi connectivity index (χ2v) is 5.37. The summed E-state index contributed by atoms with van der Waals surface area (Å²) in [6.07, 6.45) is 2.50. The summed E-state index contributed by atoms with van der Waals surface area (Å²) in [4.78, 5) is 12.4. The zero-order valence-corrected chi connectivity index (χ0v) is 13.9. The summed E-state index contributed by atoms with van der Waals surface area (Å²) >= 11 is 0. The van der Waals surface area contributed by atoms with Crippen LogP contribution in [0.3, 0.4) is 0 Å². The van der Waals surface area contributed by atoms with Gasteiger partial charge in [-0.05, 0) is 41.1 Å². The smallest absolute Gasteiger partial charge is 0.340 e. The Morgan fingerprint density at radius 3 is 2.96 bits per heavy atom. The quantitative estimate of drug-likeness (QED) is 0.629. The van der Waals surface area contributed by atoms with Gasteiger partial charge in [0.2, 0.25) is 0 Å². The van der Waals surface area contributed by atoms with Crippen LogP contribution >= 0.6 is 0 Å². The van der Waals surface area contributed by atoms with Crippen LogP contribution in [0.1, 0.15) is 35.3 Å². The van der Waals surface area contributed by atoms with Gasteiger partial charge in [0.15, 0.2) is 12.4 Å². The first kappa shape index (κ1) is 16.7. The Morgan fingerprint density at radius 1 is 1.28 bits per heavy atom. The molecule has 0 radical (unpaired) electrons. The maximum absolute atomic E-state index is 12.4. The highest BCUT2D eigenvalue weighted by atomic mass is 16.5. The molecule has 2 aromatic heterocycles. The molecule has 1 N–H and O–H groups in total. The van der Waals surface area contributed by atoms with E-state index in [2.05, 4.69) is 20.8 Å². The van der Waals surface area contributed by atoms with Gasteiger partial charge in [0.25, 0.3) is 0 Å². The van der Waals surface area contributed by atoms with Crippen LogP contribution in [0.15, 0.2) is 47.1 Å². The van der Waals surface area contributed by atoms with Crippen molar-refractivity contribution < 1.29 is 13.9 Å². The number of esters is 1. The molecule has 0 atom stereocenters. The first-order valence-corrected chi connectivity index (χ1v) is 8.05. The number of benzene rings is 1. The lowest BCUT2D eigenvalue weighted by atomic mass is 10.2. The molecule has 2 heterocycles. The predicted octanol–water partition coefficient (Wildman–Crippen LogP) is 2.65. The molecule has 0 spiro atoms. The van der Waals surface area contributed by atoms with Crippen LogP contribution in [-0.2, 0) is 24.4 Å². The highest BCUT2D eigenvalue weighted by Crippen LogP contribution is 2.18. The third-order valence-electron chi connectivity index (χ3n) is 3.55. The van der Waals surface area contributed by atoms with Gasteiger partial charge in [0.1, 0.15) is 5.76 Å². The molecule has 0 saturated heterocycles. The van der Waals surface area contributed by atoms with E-state index in [1.807, 2.05) is 31.2 Å². The summed E-state index contributed by atoms with van der Waals surface area (Å²) in [5.74, 6) is 0.867. The Morgan fingerprint density at radius 2 is 2.16 bits per heavy atom. The Kier molecular flexibility index (Phi) is 5.40. The summed E-state index contributed by atoms with van der Waals surface area (Å²) in [5.41, 5.74) is 1.13. The van der Waals surface area contributed by atoms with Crippen LogP contribution in [0, 0.1) is 0 Å². The number of hydrogen-bond donors (Lipinski definition) is 1. The molecule has 0 bridgehead atoms. The van der Waals surface area contributed by atoms with Crippen LogP contribution in [-0.4, -0.2) is 26.2 Å². The first-order chi connectivity index (χ1) is 12.3. The molecular formula is C17H19N5O3. The maximum Gasteiger partial charge on any atom is 0.340 e. The highest BCUT2D eigenvalue weighted by Gasteiger charge is 2.15. The molecule has 0 unspecified atom stereocenters. The van der Waals surface area contributed by atoms with Crippen LogP contribution in [0.5, 0.6) is 0 Å². The number of carbonyl (C=O) groups is 1. The van der Waals surface area contributed by atoms with Gasteiger partial charge in [-0.3, -0.25) is 0 Å².